The summed E-state index contributed by atoms with van der Waals surface area (Å²) in [6.45, 7) is 0. The van der Waals surface area contributed by atoms with E-state index in [1.54, 1.807) is 6.07 Å². The number of benzene rings is 2. The van der Waals surface area contributed by atoms with E-state index in [1.807, 2.05) is 0 Å². The molecule has 2 N–H and O–H groups in total. The largest absolute Gasteiger partial charge is 0.497 e. The van der Waals surface area contributed by atoms with Gasteiger partial charge in [0.05, 0.1) is 14.2 Å². The van der Waals surface area contributed by atoms with Crippen LogP contribution < -0.4 is 20.3 Å². The Morgan fingerprint density at radius 3 is 2.12 bits per heavy atom. The van der Waals surface area contributed by atoms with Crippen LogP contribution in [0.15, 0.2) is 48.5 Å². The molecule has 0 aliphatic carbocycles. The molecule has 0 atom stereocenters. The Morgan fingerprint density at radius 1 is 0.960 bits per heavy atom. The predicted octanol–water partition coefficient (Wildman–Crippen LogP) is 2.32. The second-order valence-corrected chi connectivity index (χ2v) is 4.93. The van der Waals surface area contributed by atoms with Crippen LogP contribution in [0, 0.1) is 5.82 Å². The van der Waals surface area contributed by atoms with E-state index in [-0.39, 0.29) is 11.4 Å². The molecule has 25 heavy (non-hydrogen) atoms. The predicted molar refractivity (Wildman–Crippen MR) is 90.6 cm³/mol. The number of ether oxygens (including phenoxy) is 2. The van der Waals surface area contributed by atoms with E-state index in [0.717, 1.165) is 0 Å². The molecular formula is C18H17FN2O4. The van der Waals surface area contributed by atoms with Crippen molar-refractivity contribution < 1.29 is 23.5 Å². The molecule has 7 heteroatoms. The van der Waals surface area contributed by atoms with Crippen molar-refractivity contribution in [1.29, 1.82) is 0 Å². The first-order chi connectivity index (χ1) is 12.0. The SMILES string of the molecule is COc1cc(OC)cc(C(=O)NNC(=O)/C=C/c2ccc(F)cc2)c1. The van der Waals surface area contributed by atoms with Crippen LogP contribution in [0.5, 0.6) is 11.5 Å². The van der Waals surface area contributed by atoms with Crippen LogP contribution in [0.3, 0.4) is 0 Å². The summed E-state index contributed by atoms with van der Waals surface area (Å²) in [5.41, 5.74) is 5.46. The maximum Gasteiger partial charge on any atom is 0.269 e. The van der Waals surface area contributed by atoms with E-state index < -0.39 is 11.8 Å². The van der Waals surface area contributed by atoms with Gasteiger partial charge in [0.1, 0.15) is 17.3 Å². The highest BCUT2D eigenvalue weighted by atomic mass is 19.1. The van der Waals surface area contributed by atoms with Crippen LogP contribution in [-0.2, 0) is 4.79 Å². The van der Waals surface area contributed by atoms with Gasteiger partial charge in [-0.3, -0.25) is 20.4 Å². The lowest BCUT2D eigenvalue weighted by molar-refractivity contribution is -0.117. The molecule has 0 saturated carbocycles. The topological polar surface area (TPSA) is 76.7 Å². The smallest absolute Gasteiger partial charge is 0.269 e. The lowest BCUT2D eigenvalue weighted by Gasteiger charge is -2.09. The molecule has 0 fully saturated rings. The Kier molecular flexibility index (Phi) is 6.11. The first-order valence-electron chi connectivity index (χ1n) is 7.29. The van der Waals surface area contributed by atoms with Crippen molar-refractivity contribution in [1.82, 2.24) is 10.9 Å². The van der Waals surface area contributed by atoms with Crippen molar-refractivity contribution >= 4 is 17.9 Å². The molecule has 2 rings (SSSR count). The first kappa shape index (κ1) is 18.0. The van der Waals surface area contributed by atoms with Gasteiger partial charge in [0, 0.05) is 17.7 Å². The Morgan fingerprint density at radius 2 is 1.56 bits per heavy atom. The monoisotopic (exact) mass is 344 g/mol. The molecule has 2 aromatic carbocycles. The quantitative estimate of drug-likeness (QED) is 0.645. The molecule has 0 radical (unpaired) electrons. The minimum atomic E-state index is -0.535. The van der Waals surface area contributed by atoms with Gasteiger partial charge in [-0.25, -0.2) is 4.39 Å². The first-order valence-corrected chi connectivity index (χ1v) is 7.29. The van der Waals surface area contributed by atoms with Gasteiger partial charge in [-0.1, -0.05) is 12.1 Å². The van der Waals surface area contributed by atoms with Crippen LogP contribution >= 0.6 is 0 Å². The summed E-state index contributed by atoms with van der Waals surface area (Å²) in [6, 6.07) is 10.3. The summed E-state index contributed by atoms with van der Waals surface area (Å²) < 4.78 is 23.0. The van der Waals surface area contributed by atoms with Gasteiger partial charge in [0.25, 0.3) is 11.8 Å². The number of halogens is 1. The van der Waals surface area contributed by atoms with Crippen molar-refractivity contribution in [2.45, 2.75) is 0 Å². The van der Waals surface area contributed by atoms with Crippen LogP contribution in [0.1, 0.15) is 15.9 Å². The minimum Gasteiger partial charge on any atom is -0.497 e. The number of amides is 2. The number of methoxy groups -OCH3 is 2. The summed E-state index contributed by atoms with van der Waals surface area (Å²) >= 11 is 0. The van der Waals surface area contributed by atoms with Crippen molar-refractivity contribution in [3.63, 3.8) is 0 Å². The average molecular weight is 344 g/mol. The highest BCUT2D eigenvalue weighted by molar-refractivity contribution is 5.98. The Hall–Kier alpha value is -3.35. The molecule has 0 heterocycles. The highest BCUT2D eigenvalue weighted by Gasteiger charge is 2.10. The standard InChI is InChI=1S/C18H17FN2O4/c1-24-15-9-13(10-16(11-15)25-2)18(23)21-20-17(22)8-5-12-3-6-14(19)7-4-12/h3-11H,1-2H3,(H,20,22)(H,21,23)/b8-5+. The number of nitrogens with one attached hydrogen (secondary N) is 2. The molecule has 6 nitrogen and oxygen atoms in total. The van der Waals surface area contributed by atoms with Crippen LogP contribution in [0.4, 0.5) is 4.39 Å². The van der Waals surface area contributed by atoms with Crippen LogP contribution in [0.2, 0.25) is 0 Å². The normalized spacial score (nSPS) is 10.4. The summed E-state index contributed by atoms with van der Waals surface area (Å²) in [4.78, 5) is 23.8. The van der Waals surface area contributed by atoms with Gasteiger partial charge in [-0.05, 0) is 35.9 Å². The van der Waals surface area contributed by atoms with Gasteiger partial charge in [-0.15, -0.1) is 0 Å². The molecule has 0 saturated heterocycles. The van der Waals surface area contributed by atoms with Gasteiger partial charge in [-0.2, -0.15) is 0 Å². The van der Waals surface area contributed by atoms with Crippen molar-refractivity contribution in [2.75, 3.05) is 14.2 Å². The number of carbonyl (C=O) groups excluding carboxylic acids is 2. The second kappa shape index (κ2) is 8.49. The maximum absolute atomic E-state index is 12.8. The molecule has 0 bridgehead atoms. The fourth-order valence-electron chi connectivity index (χ4n) is 1.92. The van der Waals surface area contributed by atoms with E-state index >= 15 is 0 Å². The lowest BCUT2D eigenvalue weighted by atomic mass is 10.2. The van der Waals surface area contributed by atoms with Crippen LogP contribution in [-0.4, -0.2) is 26.0 Å². The van der Waals surface area contributed by atoms with E-state index in [4.69, 9.17) is 9.47 Å². The minimum absolute atomic E-state index is 0.263. The Labute approximate surface area is 144 Å². The molecule has 0 spiro atoms. The zero-order valence-corrected chi connectivity index (χ0v) is 13.7. The number of hydrazine groups is 1. The molecule has 2 aromatic rings. The van der Waals surface area contributed by atoms with Crippen molar-refractivity contribution in [3.8, 4) is 11.5 Å². The van der Waals surface area contributed by atoms with E-state index in [0.29, 0.717) is 17.1 Å². The molecular weight excluding hydrogens is 327 g/mol. The highest BCUT2D eigenvalue weighted by Crippen LogP contribution is 2.22. The van der Waals surface area contributed by atoms with Gasteiger partial charge < -0.3 is 9.47 Å². The van der Waals surface area contributed by atoms with Crippen LogP contribution in [0.25, 0.3) is 6.08 Å². The van der Waals surface area contributed by atoms with Crippen molar-refractivity contribution in [2.24, 2.45) is 0 Å². The molecule has 0 aliphatic rings. The summed E-state index contributed by atoms with van der Waals surface area (Å²) in [5.74, 6) is -0.519. The molecule has 0 unspecified atom stereocenters. The average Bonchev–Trinajstić information content (AvgIpc) is 2.65. The van der Waals surface area contributed by atoms with E-state index in [1.165, 1.54) is 62.8 Å². The third-order valence-electron chi connectivity index (χ3n) is 3.21. The Bertz CT molecular complexity index is 766. The number of rotatable bonds is 5. The molecule has 0 aliphatic heterocycles. The third kappa shape index (κ3) is 5.35. The summed E-state index contributed by atoms with van der Waals surface area (Å²) in [5, 5.41) is 0. The molecule has 130 valence electrons. The third-order valence-corrected chi connectivity index (χ3v) is 3.21. The summed E-state index contributed by atoms with van der Waals surface area (Å²) in [7, 11) is 2.94. The van der Waals surface area contributed by atoms with Crippen molar-refractivity contribution in [3.05, 3.63) is 65.5 Å². The maximum atomic E-state index is 12.8. The second-order valence-electron chi connectivity index (χ2n) is 4.93. The van der Waals surface area contributed by atoms with E-state index in [2.05, 4.69) is 10.9 Å². The number of carbonyl (C=O) groups is 2. The zero-order chi connectivity index (χ0) is 18.2. The molecule has 2 amide bonds. The Balaban J connectivity index is 1.95. The van der Waals surface area contributed by atoms with Gasteiger partial charge in [0.2, 0.25) is 0 Å². The fraction of sp³-hybridized carbons (Fsp3) is 0.111. The molecule has 0 aromatic heterocycles. The van der Waals surface area contributed by atoms with E-state index in [9.17, 15) is 14.0 Å². The number of hydrogen-bond acceptors (Lipinski definition) is 4. The lowest BCUT2D eigenvalue weighted by Crippen LogP contribution is -2.40. The number of hydrogen-bond donors (Lipinski definition) is 2. The summed E-state index contributed by atoms with van der Waals surface area (Å²) in [6.07, 6.45) is 2.72. The fourth-order valence-corrected chi connectivity index (χ4v) is 1.92. The zero-order valence-electron chi connectivity index (χ0n) is 13.7. The van der Waals surface area contributed by atoms with Gasteiger partial charge >= 0.3 is 0 Å². The van der Waals surface area contributed by atoms with Gasteiger partial charge in [0.15, 0.2) is 0 Å².